The van der Waals surface area contributed by atoms with Crippen molar-refractivity contribution in [2.24, 2.45) is 0 Å². The van der Waals surface area contributed by atoms with Crippen molar-refractivity contribution in [3.8, 4) is 11.3 Å². The number of carbonyl (C=O) groups is 2. The van der Waals surface area contributed by atoms with Crippen LogP contribution in [0.4, 0.5) is 5.69 Å². The lowest BCUT2D eigenvalue weighted by atomic mass is 10.0. The number of benzene rings is 2. The molecule has 0 atom stereocenters. The molecule has 0 unspecified atom stereocenters. The number of anilines is 1. The molecule has 4 aromatic rings. The highest BCUT2D eigenvalue weighted by molar-refractivity contribution is 7.90. The Balaban J connectivity index is 1.63. The minimum Gasteiger partial charge on any atom is -0.326 e. The van der Waals surface area contributed by atoms with Crippen molar-refractivity contribution in [1.82, 2.24) is 14.1 Å². The number of aryl methyl sites for hydroxylation is 3. The summed E-state index contributed by atoms with van der Waals surface area (Å²) in [5, 5.41) is 2.82. The number of rotatable bonds is 6. The number of sulfonamides is 1. The fraction of sp³-hybridized carbons (Fsp3) is 0.192. The van der Waals surface area contributed by atoms with Crippen LogP contribution in [0.25, 0.3) is 16.9 Å². The Morgan fingerprint density at radius 1 is 0.943 bits per heavy atom. The largest absolute Gasteiger partial charge is 0.326 e. The van der Waals surface area contributed by atoms with Gasteiger partial charge in [0.05, 0.1) is 22.7 Å². The van der Waals surface area contributed by atoms with Gasteiger partial charge in [0.2, 0.25) is 11.8 Å². The molecule has 0 aliphatic carbocycles. The molecule has 2 amide bonds. The standard InChI is InChI=1S/C26H26N4O4S/c1-16-7-8-20(14-18(16)3)25-23(30-13-5-6-17(2)26(30)28-25)15-24(32)27-21-9-11-22(12-10-21)35(33,34)29-19(4)31/h5-14H,15H2,1-4H3,(H,27,32)(H,29,31). The smallest absolute Gasteiger partial charge is 0.264 e. The third-order valence-electron chi connectivity index (χ3n) is 5.78. The Hall–Kier alpha value is -3.98. The maximum Gasteiger partial charge on any atom is 0.264 e. The van der Waals surface area contributed by atoms with Crippen LogP contribution in [0.2, 0.25) is 0 Å². The van der Waals surface area contributed by atoms with Crippen LogP contribution in [-0.2, 0) is 26.0 Å². The van der Waals surface area contributed by atoms with Gasteiger partial charge in [0.15, 0.2) is 0 Å². The van der Waals surface area contributed by atoms with Gasteiger partial charge in [-0.2, -0.15) is 0 Å². The van der Waals surface area contributed by atoms with Crippen LogP contribution in [-0.4, -0.2) is 29.6 Å². The summed E-state index contributed by atoms with van der Waals surface area (Å²) >= 11 is 0. The Morgan fingerprint density at radius 2 is 1.66 bits per heavy atom. The topological polar surface area (TPSA) is 110 Å². The van der Waals surface area contributed by atoms with E-state index in [0.717, 1.165) is 40.6 Å². The molecule has 2 heterocycles. The molecule has 8 nitrogen and oxygen atoms in total. The average Bonchev–Trinajstić information content (AvgIpc) is 3.15. The number of fused-ring (bicyclic) bond motifs is 1. The lowest BCUT2D eigenvalue weighted by Gasteiger charge is -2.10. The second-order valence-corrected chi connectivity index (χ2v) is 10.2. The van der Waals surface area contributed by atoms with E-state index in [4.69, 9.17) is 4.98 Å². The number of pyridine rings is 1. The lowest BCUT2D eigenvalue weighted by Crippen LogP contribution is -2.28. The summed E-state index contributed by atoms with van der Waals surface area (Å²) in [6.07, 6.45) is 1.96. The highest BCUT2D eigenvalue weighted by atomic mass is 32.2. The van der Waals surface area contributed by atoms with Gasteiger partial charge in [0.1, 0.15) is 5.65 Å². The van der Waals surface area contributed by atoms with Crippen molar-refractivity contribution >= 4 is 33.2 Å². The average molecular weight is 491 g/mol. The van der Waals surface area contributed by atoms with Crippen LogP contribution < -0.4 is 10.0 Å². The number of hydrogen-bond acceptors (Lipinski definition) is 5. The van der Waals surface area contributed by atoms with Gasteiger partial charge in [-0.3, -0.25) is 9.59 Å². The van der Waals surface area contributed by atoms with Gasteiger partial charge < -0.3 is 9.72 Å². The van der Waals surface area contributed by atoms with Gasteiger partial charge in [0.25, 0.3) is 10.0 Å². The summed E-state index contributed by atoms with van der Waals surface area (Å²) in [6, 6.07) is 15.7. The monoisotopic (exact) mass is 490 g/mol. The molecule has 0 fully saturated rings. The van der Waals surface area contributed by atoms with Gasteiger partial charge in [-0.25, -0.2) is 18.1 Å². The van der Waals surface area contributed by atoms with Crippen molar-refractivity contribution < 1.29 is 18.0 Å². The molecular formula is C26H26N4O4S. The van der Waals surface area contributed by atoms with Crippen LogP contribution in [0.1, 0.15) is 29.3 Å². The molecule has 9 heteroatoms. The Kier molecular flexibility index (Phi) is 6.45. The van der Waals surface area contributed by atoms with Gasteiger partial charge in [-0.05, 0) is 73.9 Å². The quantitative estimate of drug-likeness (QED) is 0.426. The summed E-state index contributed by atoms with van der Waals surface area (Å²) in [7, 11) is -3.94. The van der Waals surface area contributed by atoms with Crippen LogP contribution >= 0.6 is 0 Å². The first kappa shape index (κ1) is 24.2. The van der Waals surface area contributed by atoms with E-state index in [1.54, 1.807) is 0 Å². The van der Waals surface area contributed by atoms with E-state index >= 15 is 0 Å². The van der Waals surface area contributed by atoms with Gasteiger partial charge >= 0.3 is 0 Å². The summed E-state index contributed by atoms with van der Waals surface area (Å²) in [5.41, 5.74) is 6.99. The molecule has 0 aliphatic heterocycles. The molecule has 0 saturated carbocycles. The van der Waals surface area contributed by atoms with E-state index in [9.17, 15) is 18.0 Å². The van der Waals surface area contributed by atoms with Gasteiger partial charge in [-0.15, -0.1) is 0 Å². The molecule has 2 aromatic carbocycles. The van der Waals surface area contributed by atoms with Crippen molar-refractivity contribution in [1.29, 1.82) is 0 Å². The molecule has 0 bridgehead atoms. The Bertz CT molecular complexity index is 1550. The zero-order valence-corrected chi connectivity index (χ0v) is 20.7. The first-order chi connectivity index (χ1) is 16.5. The maximum absolute atomic E-state index is 13.0. The zero-order chi connectivity index (χ0) is 25.3. The number of nitrogens with zero attached hydrogens (tertiary/aromatic N) is 2. The molecule has 2 N–H and O–H groups in total. The van der Waals surface area contributed by atoms with E-state index in [1.165, 1.54) is 29.8 Å². The molecule has 0 radical (unpaired) electrons. The van der Waals surface area contributed by atoms with E-state index in [-0.39, 0.29) is 17.2 Å². The van der Waals surface area contributed by atoms with E-state index in [2.05, 4.69) is 11.4 Å². The molecule has 35 heavy (non-hydrogen) atoms. The first-order valence-electron chi connectivity index (χ1n) is 11.0. The van der Waals surface area contributed by atoms with Gasteiger partial charge in [0, 0.05) is 24.4 Å². The van der Waals surface area contributed by atoms with Crippen LogP contribution in [0.3, 0.4) is 0 Å². The van der Waals surface area contributed by atoms with Crippen molar-refractivity contribution in [2.45, 2.75) is 39.0 Å². The fourth-order valence-corrected chi connectivity index (χ4v) is 4.86. The second-order valence-electron chi connectivity index (χ2n) is 8.50. The Labute approximate surface area is 204 Å². The van der Waals surface area contributed by atoms with E-state index in [1.807, 2.05) is 60.4 Å². The molecule has 4 rings (SSSR count). The SMILES string of the molecule is CC(=O)NS(=O)(=O)c1ccc(NC(=O)Cc2c(-c3ccc(C)c(C)c3)nc3c(C)cccn23)cc1. The van der Waals surface area contributed by atoms with E-state index in [0.29, 0.717) is 5.69 Å². The number of nitrogens with one attached hydrogen (secondary N) is 2. The predicted octanol–water partition coefficient (Wildman–Crippen LogP) is 3.93. The zero-order valence-electron chi connectivity index (χ0n) is 19.9. The van der Waals surface area contributed by atoms with Crippen LogP contribution in [0.15, 0.2) is 65.7 Å². The van der Waals surface area contributed by atoms with E-state index < -0.39 is 15.9 Å². The molecule has 0 aliphatic rings. The summed E-state index contributed by atoms with van der Waals surface area (Å²) < 4.78 is 28.1. The molecule has 180 valence electrons. The van der Waals surface area contributed by atoms with Crippen molar-refractivity contribution in [3.63, 3.8) is 0 Å². The minimum atomic E-state index is -3.94. The summed E-state index contributed by atoms with van der Waals surface area (Å²) in [5.74, 6) is -0.943. The molecule has 2 aromatic heterocycles. The van der Waals surface area contributed by atoms with Crippen molar-refractivity contribution in [2.75, 3.05) is 5.32 Å². The van der Waals surface area contributed by atoms with Crippen LogP contribution in [0.5, 0.6) is 0 Å². The van der Waals surface area contributed by atoms with Crippen molar-refractivity contribution in [3.05, 3.63) is 83.2 Å². The fourth-order valence-electron chi connectivity index (χ4n) is 3.86. The normalized spacial score (nSPS) is 11.4. The lowest BCUT2D eigenvalue weighted by molar-refractivity contribution is -0.117. The maximum atomic E-state index is 13.0. The van der Waals surface area contributed by atoms with Crippen LogP contribution in [0, 0.1) is 20.8 Å². The summed E-state index contributed by atoms with van der Waals surface area (Å²) in [6.45, 7) is 7.20. The third-order valence-corrected chi connectivity index (χ3v) is 7.23. The molecule has 0 saturated heterocycles. The minimum absolute atomic E-state index is 0.0683. The summed E-state index contributed by atoms with van der Waals surface area (Å²) in [4.78, 5) is 28.9. The number of hydrogen-bond donors (Lipinski definition) is 2. The highest BCUT2D eigenvalue weighted by Crippen LogP contribution is 2.28. The first-order valence-corrected chi connectivity index (χ1v) is 12.5. The third kappa shape index (κ3) is 5.09. The Morgan fingerprint density at radius 3 is 2.31 bits per heavy atom. The number of amides is 2. The molecule has 0 spiro atoms. The second kappa shape index (κ2) is 9.34. The van der Waals surface area contributed by atoms with Gasteiger partial charge in [-0.1, -0.05) is 18.2 Å². The highest BCUT2D eigenvalue weighted by Gasteiger charge is 2.19. The number of imidazole rings is 1. The number of carbonyl (C=O) groups excluding carboxylic acids is 2. The molecular weight excluding hydrogens is 464 g/mol. The number of aromatic nitrogens is 2. The predicted molar refractivity (Wildman–Crippen MR) is 135 cm³/mol.